The molecule has 0 aliphatic carbocycles. The average molecular weight is 337 g/mol. The number of rotatable bonds is 3. The third kappa shape index (κ3) is 2.80. The van der Waals surface area contributed by atoms with E-state index < -0.39 is 11.7 Å². The minimum absolute atomic E-state index is 0.148. The van der Waals surface area contributed by atoms with Gasteiger partial charge in [-0.15, -0.1) is 0 Å². The third-order valence-electron chi connectivity index (χ3n) is 3.78. The minimum atomic E-state index is -0.520. The molecule has 0 atom stereocenters. The van der Waals surface area contributed by atoms with Crippen LogP contribution in [-0.4, -0.2) is 26.1 Å². The van der Waals surface area contributed by atoms with E-state index in [1.54, 1.807) is 24.3 Å². The molecule has 0 radical (unpaired) electrons. The third-order valence-corrected chi connectivity index (χ3v) is 3.78. The molecule has 0 aliphatic heterocycles. The zero-order valence-corrected chi connectivity index (χ0v) is 12.8. The molecule has 0 unspecified atom stereocenters. The van der Waals surface area contributed by atoms with Crippen LogP contribution in [0, 0.1) is 5.82 Å². The molecule has 124 valence electrons. The molecule has 25 heavy (non-hydrogen) atoms. The lowest BCUT2D eigenvalue weighted by Gasteiger charge is -2.07. The molecule has 0 bridgehead atoms. The second-order valence-electron chi connectivity index (χ2n) is 5.46. The maximum absolute atomic E-state index is 13.7. The molecule has 0 aliphatic rings. The van der Waals surface area contributed by atoms with Crippen molar-refractivity contribution in [1.82, 2.24) is 20.2 Å². The first kappa shape index (κ1) is 14.9. The van der Waals surface area contributed by atoms with E-state index in [9.17, 15) is 14.0 Å². The second kappa shape index (κ2) is 5.75. The number of nitrogens with one attached hydrogen (secondary N) is 4. The van der Waals surface area contributed by atoms with Crippen LogP contribution in [0.15, 0.2) is 53.6 Å². The second-order valence-corrected chi connectivity index (χ2v) is 5.46. The summed E-state index contributed by atoms with van der Waals surface area (Å²) in [6.45, 7) is 0. The number of fused-ring (bicyclic) bond motifs is 1. The SMILES string of the molecule is O=C(Nc1ccc(-c2cc(=O)[nH][nH]2)cc1)c1cc(F)cc2[nH]cnc12. The van der Waals surface area contributed by atoms with Gasteiger partial charge in [0, 0.05) is 11.8 Å². The van der Waals surface area contributed by atoms with E-state index in [2.05, 4.69) is 25.5 Å². The number of aromatic nitrogens is 4. The number of carbonyl (C=O) groups excluding carboxylic acids is 1. The number of benzene rings is 2. The molecular weight excluding hydrogens is 325 g/mol. The first-order valence-corrected chi connectivity index (χ1v) is 7.42. The number of aromatic amines is 3. The molecule has 1 amide bonds. The molecule has 4 N–H and O–H groups in total. The van der Waals surface area contributed by atoms with Crippen LogP contribution in [-0.2, 0) is 0 Å². The first-order chi connectivity index (χ1) is 12.1. The van der Waals surface area contributed by atoms with E-state index >= 15 is 0 Å². The Labute approximate surface area is 139 Å². The Morgan fingerprint density at radius 3 is 2.60 bits per heavy atom. The van der Waals surface area contributed by atoms with E-state index in [1.165, 1.54) is 18.5 Å². The molecule has 0 saturated heterocycles. The van der Waals surface area contributed by atoms with Crippen LogP contribution >= 0.6 is 0 Å². The summed E-state index contributed by atoms with van der Waals surface area (Å²) in [6, 6.07) is 10.8. The fourth-order valence-electron chi connectivity index (χ4n) is 2.61. The number of amides is 1. The highest BCUT2D eigenvalue weighted by molar-refractivity contribution is 6.11. The Balaban J connectivity index is 1.60. The lowest BCUT2D eigenvalue weighted by Crippen LogP contribution is -2.12. The molecule has 8 heteroatoms. The van der Waals surface area contributed by atoms with Gasteiger partial charge in [-0.3, -0.25) is 19.8 Å². The van der Waals surface area contributed by atoms with Gasteiger partial charge in [0.25, 0.3) is 11.5 Å². The molecule has 0 saturated carbocycles. The van der Waals surface area contributed by atoms with Gasteiger partial charge in [-0.05, 0) is 29.8 Å². The van der Waals surface area contributed by atoms with Crippen molar-refractivity contribution in [1.29, 1.82) is 0 Å². The number of halogens is 1. The van der Waals surface area contributed by atoms with Gasteiger partial charge in [0.1, 0.15) is 11.3 Å². The highest BCUT2D eigenvalue weighted by atomic mass is 19.1. The summed E-state index contributed by atoms with van der Waals surface area (Å²) in [5.41, 5.74) is 2.76. The van der Waals surface area contributed by atoms with Gasteiger partial charge >= 0.3 is 0 Å². The van der Waals surface area contributed by atoms with Gasteiger partial charge in [0.15, 0.2) is 0 Å². The zero-order chi connectivity index (χ0) is 17.4. The Morgan fingerprint density at radius 2 is 1.88 bits per heavy atom. The van der Waals surface area contributed by atoms with Crippen molar-refractivity contribution < 1.29 is 9.18 Å². The summed E-state index contributed by atoms with van der Waals surface area (Å²) in [5, 5.41) is 7.92. The topological polar surface area (TPSA) is 106 Å². The first-order valence-electron chi connectivity index (χ1n) is 7.42. The van der Waals surface area contributed by atoms with Crippen LogP contribution in [0.1, 0.15) is 10.4 Å². The lowest BCUT2D eigenvalue weighted by molar-refractivity contribution is 0.102. The zero-order valence-electron chi connectivity index (χ0n) is 12.8. The molecule has 7 nitrogen and oxygen atoms in total. The van der Waals surface area contributed by atoms with Crippen LogP contribution in [0.5, 0.6) is 0 Å². The number of carbonyl (C=O) groups is 1. The number of anilines is 1. The summed E-state index contributed by atoms with van der Waals surface area (Å²) < 4.78 is 13.7. The molecule has 0 spiro atoms. The average Bonchev–Trinajstić information content (AvgIpc) is 3.23. The van der Waals surface area contributed by atoms with Gasteiger partial charge in [0.05, 0.1) is 23.1 Å². The smallest absolute Gasteiger partial charge is 0.264 e. The van der Waals surface area contributed by atoms with Crippen molar-refractivity contribution in [3.63, 3.8) is 0 Å². The predicted molar refractivity (Wildman–Crippen MR) is 90.9 cm³/mol. The molecule has 4 rings (SSSR count). The number of nitrogens with zero attached hydrogens (tertiary/aromatic N) is 1. The number of hydrogen-bond acceptors (Lipinski definition) is 3. The van der Waals surface area contributed by atoms with E-state index in [1.807, 2.05) is 0 Å². The van der Waals surface area contributed by atoms with E-state index in [-0.39, 0.29) is 11.1 Å². The molecule has 4 aromatic rings. The molecule has 2 heterocycles. The van der Waals surface area contributed by atoms with Gasteiger partial charge in [-0.2, -0.15) is 0 Å². The van der Waals surface area contributed by atoms with Gasteiger partial charge < -0.3 is 10.3 Å². The van der Waals surface area contributed by atoms with E-state index in [0.29, 0.717) is 22.4 Å². The number of H-pyrrole nitrogens is 3. The quantitative estimate of drug-likeness (QED) is 0.462. The fraction of sp³-hybridized carbons (Fsp3) is 0. The highest BCUT2D eigenvalue weighted by Crippen LogP contribution is 2.21. The van der Waals surface area contributed by atoms with Crippen molar-refractivity contribution in [3.8, 4) is 11.3 Å². The maximum Gasteiger partial charge on any atom is 0.264 e. The Kier molecular flexibility index (Phi) is 3.42. The highest BCUT2D eigenvalue weighted by Gasteiger charge is 2.14. The summed E-state index contributed by atoms with van der Waals surface area (Å²) >= 11 is 0. The summed E-state index contributed by atoms with van der Waals surface area (Å²) in [4.78, 5) is 30.5. The Morgan fingerprint density at radius 1 is 1.08 bits per heavy atom. The standard InChI is InChI=1S/C17H12FN5O2/c18-10-5-12(16-14(6-10)19-8-20-16)17(25)21-11-3-1-9(2-4-11)13-7-15(24)23-22-13/h1-8H,(H,19,20)(H,21,25)(H2,22,23,24). The normalized spacial score (nSPS) is 10.9. The van der Waals surface area contributed by atoms with Crippen LogP contribution in [0.4, 0.5) is 10.1 Å². The number of imidazole rings is 1. The maximum atomic E-state index is 13.7. The van der Waals surface area contributed by atoms with Crippen molar-refractivity contribution >= 4 is 22.6 Å². The van der Waals surface area contributed by atoms with Crippen LogP contribution < -0.4 is 10.9 Å². The number of hydrogen-bond donors (Lipinski definition) is 4. The fourth-order valence-corrected chi connectivity index (χ4v) is 2.61. The molecule has 0 fully saturated rings. The largest absolute Gasteiger partial charge is 0.344 e. The van der Waals surface area contributed by atoms with Crippen LogP contribution in [0.3, 0.4) is 0 Å². The summed E-state index contributed by atoms with van der Waals surface area (Å²) in [6.07, 6.45) is 1.41. The predicted octanol–water partition coefficient (Wildman–Crippen LogP) is 2.64. The van der Waals surface area contributed by atoms with Crippen LogP contribution in [0.2, 0.25) is 0 Å². The monoisotopic (exact) mass is 337 g/mol. The Bertz CT molecular complexity index is 1120. The summed E-state index contributed by atoms with van der Waals surface area (Å²) in [7, 11) is 0. The lowest BCUT2D eigenvalue weighted by atomic mass is 10.1. The van der Waals surface area contributed by atoms with Crippen LogP contribution in [0.25, 0.3) is 22.3 Å². The minimum Gasteiger partial charge on any atom is -0.344 e. The van der Waals surface area contributed by atoms with Gasteiger partial charge in [-0.25, -0.2) is 9.37 Å². The van der Waals surface area contributed by atoms with Gasteiger partial charge in [-0.1, -0.05) is 12.1 Å². The van der Waals surface area contributed by atoms with Crippen molar-refractivity contribution in [2.24, 2.45) is 0 Å². The Hall–Kier alpha value is -3.68. The van der Waals surface area contributed by atoms with Gasteiger partial charge in [0.2, 0.25) is 0 Å². The van der Waals surface area contributed by atoms with Crippen molar-refractivity contribution in [3.05, 3.63) is 70.5 Å². The van der Waals surface area contributed by atoms with E-state index in [4.69, 9.17) is 0 Å². The molecular formula is C17H12FN5O2. The van der Waals surface area contributed by atoms with Crippen molar-refractivity contribution in [2.75, 3.05) is 5.32 Å². The summed E-state index contributed by atoms with van der Waals surface area (Å²) in [5.74, 6) is -0.979. The van der Waals surface area contributed by atoms with E-state index in [0.717, 1.165) is 11.6 Å². The van der Waals surface area contributed by atoms with Crippen molar-refractivity contribution in [2.45, 2.75) is 0 Å². The molecule has 2 aromatic heterocycles. The molecule has 2 aromatic carbocycles.